The lowest BCUT2D eigenvalue weighted by Crippen LogP contribution is -2.45. The van der Waals surface area contributed by atoms with Gasteiger partial charge in [0.05, 0.1) is 34.6 Å². The molecule has 1 unspecified atom stereocenters. The Morgan fingerprint density at radius 1 is 0.935 bits per heavy atom. The zero-order valence-electron chi connectivity index (χ0n) is 18.6. The molecular formula is C26H29N5. The lowest BCUT2D eigenvalue weighted by molar-refractivity contribution is 0.263. The number of fused-ring (bicyclic) bond motifs is 1. The summed E-state index contributed by atoms with van der Waals surface area (Å²) in [6.07, 6.45) is 5.09. The predicted molar refractivity (Wildman–Crippen MR) is 127 cm³/mol. The zero-order chi connectivity index (χ0) is 21.6. The second kappa shape index (κ2) is 7.12. The summed E-state index contributed by atoms with van der Waals surface area (Å²) in [4.78, 5) is 5.02. The van der Waals surface area contributed by atoms with E-state index in [1.807, 2.05) is 12.3 Å². The molecule has 2 N–H and O–H groups in total. The molecule has 1 aromatic heterocycles. The molecule has 31 heavy (non-hydrogen) atoms. The molecule has 158 valence electrons. The van der Waals surface area contributed by atoms with Gasteiger partial charge >= 0.3 is 0 Å². The van der Waals surface area contributed by atoms with Crippen LogP contribution in [0.5, 0.6) is 0 Å². The first kappa shape index (κ1) is 19.6. The Balaban J connectivity index is 1.58. The van der Waals surface area contributed by atoms with Gasteiger partial charge in [-0.3, -0.25) is 0 Å². The highest BCUT2D eigenvalue weighted by Crippen LogP contribution is 2.40. The lowest BCUT2D eigenvalue weighted by atomic mass is 9.89. The van der Waals surface area contributed by atoms with Crippen molar-refractivity contribution in [2.75, 3.05) is 5.32 Å². The third-order valence-electron chi connectivity index (χ3n) is 6.05. The van der Waals surface area contributed by atoms with Crippen LogP contribution in [0.2, 0.25) is 0 Å². The fourth-order valence-corrected chi connectivity index (χ4v) is 4.56. The highest BCUT2D eigenvalue weighted by molar-refractivity contribution is 6.07. The number of benzene rings is 2. The minimum absolute atomic E-state index is 0.109. The van der Waals surface area contributed by atoms with Crippen molar-refractivity contribution in [1.29, 1.82) is 0 Å². The van der Waals surface area contributed by atoms with E-state index in [1.165, 1.54) is 5.56 Å². The molecule has 0 saturated heterocycles. The first-order valence-electron chi connectivity index (χ1n) is 10.9. The quantitative estimate of drug-likeness (QED) is 0.611. The van der Waals surface area contributed by atoms with Gasteiger partial charge < -0.3 is 10.6 Å². The Bertz CT molecular complexity index is 1150. The van der Waals surface area contributed by atoms with E-state index in [-0.39, 0.29) is 17.1 Å². The van der Waals surface area contributed by atoms with E-state index in [4.69, 9.17) is 10.1 Å². The van der Waals surface area contributed by atoms with Crippen LogP contribution in [0.3, 0.4) is 0 Å². The van der Waals surface area contributed by atoms with Gasteiger partial charge in [-0.15, -0.1) is 0 Å². The number of amidine groups is 1. The summed E-state index contributed by atoms with van der Waals surface area (Å²) in [5.74, 6) is 1.87. The number of aromatic nitrogens is 2. The van der Waals surface area contributed by atoms with E-state index in [0.29, 0.717) is 0 Å². The number of nitrogens with one attached hydrogen (secondary N) is 2. The minimum atomic E-state index is -0.222. The second-order valence-corrected chi connectivity index (χ2v) is 9.65. The van der Waals surface area contributed by atoms with Gasteiger partial charge in [0.15, 0.2) is 0 Å². The molecular weight excluding hydrogens is 382 g/mol. The summed E-state index contributed by atoms with van der Waals surface area (Å²) in [6.45, 7) is 8.84. The molecule has 1 atom stereocenters. The Labute approximate surface area is 183 Å². The van der Waals surface area contributed by atoms with Crippen molar-refractivity contribution in [3.8, 4) is 0 Å². The molecule has 2 aromatic carbocycles. The standard InChI is InChI=1S/C26H29N5/c1-25(2)15-21(18-11-7-5-8-12-18)28-23(30-25)20-17-27-31-24(20)29-22(16-26(31,3)4)19-13-9-6-10-14-19/h5-15,17,22,29H,16H2,1-4H3,(H,28,30). The molecule has 0 bridgehead atoms. The van der Waals surface area contributed by atoms with E-state index < -0.39 is 0 Å². The summed E-state index contributed by atoms with van der Waals surface area (Å²) in [7, 11) is 0. The molecule has 3 heterocycles. The molecule has 2 aliphatic heterocycles. The molecule has 0 aliphatic carbocycles. The van der Waals surface area contributed by atoms with Crippen molar-refractivity contribution in [2.45, 2.75) is 51.2 Å². The maximum absolute atomic E-state index is 5.02. The number of anilines is 1. The van der Waals surface area contributed by atoms with E-state index in [9.17, 15) is 0 Å². The lowest BCUT2D eigenvalue weighted by Gasteiger charge is -2.39. The molecule has 5 heteroatoms. The van der Waals surface area contributed by atoms with Crippen LogP contribution in [0.1, 0.15) is 56.8 Å². The molecule has 0 spiro atoms. The first-order chi connectivity index (χ1) is 14.8. The Morgan fingerprint density at radius 3 is 2.32 bits per heavy atom. The van der Waals surface area contributed by atoms with Crippen LogP contribution in [0.25, 0.3) is 5.70 Å². The number of rotatable bonds is 3. The van der Waals surface area contributed by atoms with Crippen molar-refractivity contribution in [2.24, 2.45) is 4.99 Å². The number of nitrogens with zero attached hydrogens (tertiary/aromatic N) is 3. The van der Waals surface area contributed by atoms with Crippen molar-refractivity contribution in [1.82, 2.24) is 15.1 Å². The zero-order valence-corrected chi connectivity index (χ0v) is 18.6. The molecule has 3 aromatic rings. The van der Waals surface area contributed by atoms with Crippen LogP contribution < -0.4 is 10.6 Å². The third kappa shape index (κ3) is 3.65. The third-order valence-corrected chi connectivity index (χ3v) is 6.05. The predicted octanol–water partition coefficient (Wildman–Crippen LogP) is 5.34. The maximum Gasteiger partial charge on any atom is 0.139 e. The first-order valence-corrected chi connectivity index (χ1v) is 10.9. The van der Waals surface area contributed by atoms with Crippen LogP contribution in [0, 0.1) is 0 Å². The Hall–Kier alpha value is -3.34. The van der Waals surface area contributed by atoms with Crippen molar-refractivity contribution in [3.63, 3.8) is 0 Å². The smallest absolute Gasteiger partial charge is 0.139 e. The normalized spacial score (nSPS) is 21.2. The molecule has 0 fully saturated rings. The highest BCUT2D eigenvalue weighted by Gasteiger charge is 2.37. The van der Waals surface area contributed by atoms with E-state index in [1.54, 1.807) is 0 Å². The summed E-state index contributed by atoms with van der Waals surface area (Å²) in [6, 6.07) is 21.2. The van der Waals surface area contributed by atoms with Crippen molar-refractivity contribution in [3.05, 3.63) is 89.6 Å². The fourth-order valence-electron chi connectivity index (χ4n) is 4.56. The average molecular weight is 412 g/mol. The van der Waals surface area contributed by atoms with Crippen LogP contribution in [-0.4, -0.2) is 21.2 Å². The Morgan fingerprint density at radius 2 is 1.61 bits per heavy atom. The number of hydrogen-bond acceptors (Lipinski definition) is 4. The van der Waals surface area contributed by atoms with Crippen molar-refractivity contribution >= 4 is 17.4 Å². The van der Waals surface area contributed by atoms with Crippen LogP contribution >= 0.6 is 0 Å². The van der Waals surface area contributed by atoms with Gasteiger partial charge in [0.2, 0.25) is 0 Å². The Kier molecular flexibility index (Phi) is 4.50. The van der Waals surface area contributed by atoms with E-state index in [2.05, 4.69) is 104 Å². The van der Waals surface area contributed by atoms with Gasteiger partial charge in [-0.2, -0.15) is 5.10 Å². The monoisotopic (exact) mass is 411 g/mol. The summed E-state index contributed by atoms with van der Waals surface area (Å²) >= 11 is 0. The number of aliphatic imine (C=N–C) groups is 1. The molecule has 0 radical (unpaired) electrons. The van der Waals surface area contributed by atoms with Crippen molar-refractivity contribution < 1.29 is 0 Å². The second-order valence-electron chi connectivity index (χ2n) is 9.65. The van der Waals surface area contributed by atoms with Gasteiger partial charge in [0.1, 0.15) is 11.7 Å². The fraction of sp³-hybridized carbons (Fsp3) is 0.308. The molecule has 5 nitrogen and oxygen atoms in total. The maximum atomic E-state index is 5.02. The molecule has 0 amide bonds. The largest absolute Gasteiger partial charge is 0.363 e. The van der Waals surface area contributed by atoms with Gasteiger partial charge in [-0.05, 0) is 51.3 Å². The van der Waals surface area contributed by atoms with Gasteiger partial charge in [0.25, 0.3) is 0 Å². The van der Waals surface area contributed by atoms with Crippen LogP contribution in [0.4, 0.5) is 5.82 Å². The summed E-state index contributed by atoms with van der Waals surface area (Å²) in [5, 5.41) is 12.1. The highest BCUT2D eigenvalue weighted by atomic mass is 15.4. The van der Waals surface area contributed by atoms with Gasteiger partial charge in [0, 0.05) is 0 Å². The molecule has 5 rings (SSSR count). The minimum Gasteiger partial charge on any atom is -0.363 e. The topological polar surface area (TPSA) is 54.2 Å². The van der Waals surface area contributed by atoms with E-state index in [0.717, 1.165) is 34.9 Å². The SMILES string of the molecule is CC1(C)C=C(c2ccccc2)N=C(c2cnn3c2NC(c2ccccc2)CC3(C)C)N1. The van der Waals surface area contributed by atoms with Gasteiger partial charge in [-0.1, -0.05) is 60.7 Å². The molecule has 0 saturated carbocycles. The van der Waals surface area contributed by atoms with E-state index >= 15 is 0 Å². The van der Waals surface area contributed by atoms with Crippen LogP contribution in [-0.2, 0) is 5.54 Å². The number of hydrogen-bond donors (Lipinski definition) is 2. The van der Waals surface area contributed by atoms with Gasteiger partial charge in [-0.25, -0.2) is 9.67 Å². The average Bonchev–Trinajstić information content (AvgIpc) is 3.19. The molecule has 2 aliphatic rings. The van der Waals surface area contributed by atoms with Crippen LogP contribution in [0.15, 0.2) is 77.9 Å². The summed E-state index contributed by atoms with van der Waals surface area (Å²) < 4.78 is 2.11. The summed E-state index contributed by atoms with van der Waals surface area (Å²) in [5.41, 5.74) is 4.06.